The number of aliphatic carboxylic acids is 1. The zero-order chi connectivity index (χ0) is 13.6. The van der Waals surface area contributed by atoms with Gasteiger partial charge in [-0.1, -0.05) is 27.7 Å². The molecule has 0 fully saturated rings. The molecule has 17 heavy (non-hydrogen) atoms. The van der Waals surface area contributed by atoms with Crippen molar-refractivity contribution in [1.29, 1.82) is 0 Å². The van der Waals surface area contributed by atoms with Gasteiger partial charge < -0.3 is 5.11 Å². The van der Waals surface area contributed by atoms with E-state index in [4.69, 9.17) is 0 Å². The van der Waals surface area contributed by atoms with Gasteiger partial charge in [0, 0.05) is 6.04 Å². The van der Waals surface area contributed by atoms with E-state index in [0.717, 1.165) is 19.3 Å². The van der Waals surface area contributed by atoms with Crippen LogP contribution in [-0.2, 0) is 4.79 Å². The van der Waals surface area contributed by atoms with Crippen LogP contribution in [-0.4, -0.2) is 34.6 Å². The molecular weight excluding hydrogens is 214 g/mol. The summed E-state index contributed by atoms with van der Waals surface area (Å²) in [4.78, 5) is 13.6. The fourth-order valence-corrected chi connectivity index (χ4v) is 2.24. The molecule has 1 N–H and O–H groups in total. The third-order valence-corrected chi connectivity index (χ3v) is 3.94. The average molecular weight is 243 g/mol. The SMILES string of the molecule is CCC(CC)N(C)C(C)(CCC(C)C)C(=O)O. The largest absolute Gasteiger partial charge is 0.480 e. The summed E-state index contributed by atoms with van der Waals surface area (Å²) >= 11 is 0. The summed E-state index contributed by atoms with van der Waals surface area (Å²) in [5.74, 6) is -0.156. The Kier molecular flexibility index (Phi) is 6.76. The van der Waals surface area contributed by atoms with Crippen molar-refractivity contribution in [3.63, 3.8) is 0 Å². The zero-order valence-electron chi connectivity index (χ0n) is 12.3. The van der Waals surface area contributed by atoms with Crippen LogP contribution in [0.4, 0.5) is 0 Å². The van der Waals surface area contributed by atoms with E-state index in [1.165, 1.54) is 0 Å². The standard InChI is InChI=1S/C14H29NO2/c1-7-12(8-2)15(6)14(5,13(16)17)10-9-11(3)4/h11-12H,7-10H2,1-6H3,(H,16,17). The topological polar surface area (TPSA) is 40.5 Å². The maximum atomic E-state index is 11.6. The molecule has 0 saturated carbocycles. The van der Waals surface area contributed by atoms with Crippen LogP contribution in [0.2, 0.25) is 0 Å². The minimum absolute atomic E-state index is 0.350. The molecule has 0 aliphatic heterocycles. The number of hydrogen-bond acceptors (Lipinski definition) is 2. The Morgan fingerprint density at radius 2 is 1.76 bits per heavy atom. The van der Waals surface area contributed by atoms with Gasteiger partial charge in [-0.05, 0) is 45.6 Å². The molecule has 0 heterocycles. The van der Waals surface area contributed by atoms with Crippen LogP contribution in [0.1, 0.15) is 60.3 Å². The average Bonchev–Trinajstić information content (AvgIpc) is 2.26. The first-order chi connectivity index (χ1) is 7.79. The molecule has 0 aromatic heterocycles. The summed E-state index contributed by atoms with van der Waals surface area (Å²) < 4.78 is 0. The van der Waals surface area contributed by atoms with E-state index < -0.39 is 11.5 Å². The number of likely N-dealkylation sites (N-methyl/N-ethyl adjacent to an activating group) is 1. The summed E-state index contributed by atoms with van der Waals surface area (Å²) in [5, 5.41) is 9.51. The Bertz CT molecular complexity index is 236. The molecule has 0 aromatic carbocycles. The predicted octanol–water partition coefficient (Wildman–Crippen LogP) is 3.39. The van der Waals surface area contributed by atoms with E-state index in [1.807, 2.05) is 14.0 Å². The first-order valence-electron chi connectivity index (χ1n) is 6.75. The molecular formula is C14H29NO2. The molecule has 0 aliphatic rings. The van der Waals surface area contributed by atoms with Crippen molar-refractivity contribution in [2.75, 3.05) is 7.05 Å². The lowest BCUT2D eigenvalue weighted by molar-refractivity contribution is -0.152. The van der Waals surface area contributed by atoms with Crippen molar-refractivity contribution in [2.24, 2.45) is 5.92 Å². The van der Waals surface area contributed by atoms with E-state index in [2.05, 4.69) is 32.6 Å². The van der Waals surface area contributed by atoms with Crippen LogP contribution in [0.15, 0.2) is 0 Å². The van der Waals surface area contributed by atoms with Crippen LogP contribution in [0.5, 0.6) is 0 Å². The fourth-order valence-electron chi connectivity index (χ4n) is 2.24. The molecule has 0 rings (SSSR count). The molecule has 0 saturated heterocycles. The van der Waals surface area contributed by atoms with Crippen molar-refractivity contribution >= 4 is 5.97 Å². The van der Waals surface area contributed by atoms with Gasteiger partial charge >= 0.3 is 5.97 Å². The van der Waals surface area contributed by atoms with Crippen LogP contribution in [0.25, 0.3) is 0 Å². The van der Waals surface area contributed by atoms with Gasteiger partial charge in [0.25, 0.3) is 0 Å². The van der Waals surface area contributed by atoms with Gasteiger partial charge in [0.05, 0.1) is 0 Å². The molecule has 0 aromatic rings. The molecule has 1 atom stereocenters. The molecule has 0 spiro atoms. The summed E-state index contributed by atoms with van der Waals surface area (Å²) in [7, 11) is 1.95. The second-order valence-corrected chi connectivity index (χ2v) is 5.59. The van der Waals surface area contributed by atoms with E-state index in [-0.39, 0.29) is 0 Å². The van der Waals surface area contributed by atoms with Gasteiger partial charge in [-0.3, -0.25) is 9.69 Å². The molecule has 1 unspecified atom stereocenters. The lowest BCUT2D eigenvalue weighted by atomic mass is 9.88. The first-order valence-corrected chi connectivity index (χ1v) is 6.75. The third kappa shape index (κ3) is 4.30. The summed E-state index contributed by atoms with van der Waals surface area (Å²) in [6.45, 7) is 10.4. The summed E-state index contributed by atoms with van der Waals surface area (Å²) in [5.41, 5.74) is -0.735. The number of carboxylic acid groups (broad SMARTS) is 1. The van der Waals surface area contributed by atoms with Crippen molar-refractivity contribution in [3.05, 3.63) is 0 Å². The Balaban J connectivity index is 4.86. The molecule has 0 bridgehead atoms. The Morgan fingerprint density at radius 1 is 1.29 bits per heavy atom. The molecule has 3 heteroatoms. The van der Waals surface area contributed by atoms with Gasteiger partial charge in [-0.25, -0.2) is 0 Å². The van der Waals surface area contributed by atoms with Crippen molar-refractivity contribution in [2.45, 2.75) is 71.9 Å². The second kappa shape index (κ2) is 7.00. The lowest BCUT2D eigenvalue weighted by Crippen LogP contribution is -2.54. The van der Waals surface area contributed by atoms with E-state index in [0.29, 0.717) is 18.4 Å². The van der Waals surface area contributed by atoms with Crippen molar-refractivity contribution < 1.29 is 9.90 Å². The van der Waals surface area contributed by atoms with Gasteiger partial charge in [-0.2, -0.15) is 0 Å². The highest BCUT2D eigenvalue weighted by Crippen LogP contribution is 2.26. The highest BCUT2D eigenvalue weighted by atomic mass is 16.4. The monoisotopic (exact) mass is 243 g/mol. The minimum Gasteiger partial charge on any atom is -0.480 e. The van der Waals surface area contributed by atoms with E-state index >= 15 is 0 Å². The minimum atomic E-state index is -0.735. The zero-order valence-corrected chi connectivity index (χ0v) is 12.3. The van der Waals surface area contributed by atoms with Gasteiger partial charge in [0.1, 0.15) is 5.54 Å². The Labute approximate surface area is 106 Å². The van der Waals surface area contributed by atoms with E-state index in [9.17, 15) is 9.90 Å². The Morgan fingerprint density at radius 3 is 2.06 bits per heavy atom. The number of rotatable bonds is 8. The quantitative estimate of drug-likeness (QED) is 0.710. The molecule has 0 radical (unpaired) electrons. The summed E-state index contributed by atoms with van der Waals surface area (Å²) in [6, 6.07) is 0.350. The first kappa shape index (κ1) is 16.4. The number of hydrogen-bond donors (Lipinski definition) is 1. The highest BCUT2D eigenvalue weighted by molar-refractivity contribution is 5.78. The molecule has 0 amide bonds. The van der Waals surface area contributed by atoms with Gasteiger partial charge in [0.15, 0.2) is 0 Å². The number of carboxylic acids is 1. The molecule has 102 valence electrons. The molecule has 3 nitrogen and oxygen atoms in total. The smallest absolute Gasteiger partial charge is 0.323 e. The van der Waals surface area contributed by atoms with Crippen LogP contribution in [0.3, 0.4) is 0 Å². The van der Waals surface area contributed by atoms with Crippen LogP contribution in [0, 0.1) is 5.92 Å². The number of nitrogens with zero attached hydrogens (tertiary/aromatic N) is 1. The number of carbonyl (C=O) groups is 1. The third-order valence-electron chi connectivity index (χ3n) is 3.94. The second-order valence-electron chi connectivity index (χ2n) is 5.59. The van der Waals surface area contributed by atoms with E-state index in [1.54, 1.807) is 0 Å². The Hall–Kier alpha value is -0.570. The van der Waals surface area contributed by atoms with Gasteiger partial charge in [0.2, 0.25) is 0 Å². The summed E-state index contributed by atoms with van der Waals surface area (Å²) in [6.07, 6.45) is 3.66. The van der Waals surface area contributed by atoms with Crippen molar-refractivity contribution in [3.8, 4) is 0 Å². The van der Waals surface area contributed by atoms with Gasteiger partial charge in [-0.15, -0.1) is 0 Å². The lowest BCUT2D eigenvalue weighted by Gasteiger charge is -2.40. The fraction of sp³-hybridized carbons (Fsp3) is 0.929. The van der Waals surface area contributed by atoms with Crippen LogP contribution >= 0.6 is 0 Å². The maximum Gasteiger partial charge on any atom is 0.323 e. The predicted molar refractivity (Wildman–Crippen MR) is 72.2 cm³/mol. The normalized spacial score (nSPS) is 15.6. The highest BCUT2D eigenvalue weighted by Gasteiger charge is 2.39. The van der Waals surface area contributed by atoms with Crippen LogP contribution < -0.4 is 0 Å². The molecule has 0 aliphatic carbocycles. The maximum absolute atomic E-state index is 11.6. The van der Waals surface area contributed by atoms with Crippen molar-refractivity contribution in [1.82, 2.24) is 4.90 Å².